The Morgan fingerprint density at radius 1 is 1.26 bits per heavy atom. The highest BCUT2D eigenvalue weighted by Crippen LogP contribution is 2.28. The van der Waals surface area contributed by atoms with Crippen LogP contribution in [0.2, 0.25) is 0 Å². The Labute approximate surface area is 137 Å². The van der Waals surface area contributed by atoms with Crippen LogP contribution in [-0.2, 0) is 14.8 Å². The van der Waals surface area contributed by atoms with Crippen LogP contribution in [0, 0.1) is 5.41 Å². The Bertz CT molecular complexity index is 629. The summed E-state index contributed by atoms with van der Waals surface area (Å²) in [5.41, 5.74) is 0.324. The Balaban J connectivity index is 2.09. The van der Waals surface area contributed by atoms with Gasteiger partial charge in [0.2, 0.25) is 10.0 Å². The number of nitrogens with one attached hydrogen (secondary N) is 2. The van der Waals surface area contributed by atoms with Crippen molar-refractivity contribution in [2.75, 3.05) is 33.4 Å². The van der Waals surface area contributed by atoms with Crippen LogP contribution < -0.4 is 10.0 Å². The van der Waals surface area contributed by atoms with Crippen molar-refractivity contribution < 1.29 is 17.9 Å². The van der Waals surface area contributed by atoms with Gasteiger partial charge in [-0.2, -0.15) is 0 Å². The minimum Gasteiger partial charge on any atom is -0.384 e. The molecule has 0 radical (unpaired) electrons. The van der Waals surface area contributed by atoms with Crippen molar-refractivity contribution in [1.82, 2.24) is 10.0 Å². The number of carbonyl (C=O) groups excluding carboxylic acids is 1. The number of benzene rings is 1. The SMILES string of the molecule is COCC1(CNS(=O)(=O)c2ccc(C(C)=O)cc2)CCNCC1. The summed E-state index contributed by atoms with van der Waals surface area (Å²) < 4.78 is 32.9. The van der Waals surface area contributed by atoms with E-state index < -0.39 is 10.0 Å². The molecular formula is C16H24N2O4S. The van der Waals surface area contributed by atoms with Crippen LogP contribution >= 0.6 is 0 Å². The molecule has 0 saturated carbocycles. The molecule has 0 aliphatic carbocycles. The molecule has 23 heavy (non-hydrogen) atoms. The summed E-state index contributed by atoms with van der Waals surface area (Å²) in [5, 5.41) is 3.28. The van der Waals surface area contributed by atoms with E-state index in [2.05, 4.69) is 10.0 Å². The molecule has 0 aromatic heterocycles. The third-order valence-corrected chi connectivity index (χ3v) is 5.74. The van der Waals surface area contributed by atoms with Crippen LogP contribution in [0.1, 0.15) is 30.1 Å². The highest BCUT2D eigenvalue weighted by Gasteiger charge is 2.33. The van der Waals surface area contributed by atoms with Crippen molar-refractivity contribution in [3.8, 4) is 0 Å². The second-order valence-corrected chi connectivity index (χ2v) is 7.86. The van der Waals surface area contributed by atoms with Gasteiger partial charge >= 0.3 is 0 Å². The van der Waals surface area contributed by atoms with Gasteiger partial charge in [-0.25, -0.2) is 13.1 Å². The molecule has 6 nitrogen and oxygen atoms in total. The molecule has 0 bridgehead atoms. The number of hydrogen-bond donors (Lipinski definition) is 2. The summed E-state index contributed by atoms with van der Waals surface area (Å²) in [6.45, 7) is 4.05. The number of hydrogen-bond acceptors (Lipinski definition) is 5. The van der Waals surface area contributed by atoms with Gasteiger partial charge < -0.3 is 10.1 Å². The molecule has 1 fully saturated rings. The number of methoxy groups -OCH3 is 1. The summed E-state index contributed by atoms with van der Waals surface area (Å²) in [7, 11) is -1.96. The van der Waals surface area contributed by atoms with Crippen molar-refractivity contribution in [3.05, 3.63) is 29.8 Å². The lowest BCUT2D eigenvalue weighted by Gasteiger charge is -2.37. The number of rotatable bonds is 7. The average molecular weight is 340 g/mol. The summed E-state index contributed by atoms with van der Waals surface area (Å²) in [6.07, 6.45) is 1.74. The van der Waals surface area contributed by atoms with Gasteiger partial charge in [-0.1, -0.05) is 12.1 Å². The lowest BCUT2D eigenvalue weighted by molar-refractivity contribution is 0.0577. The molecule has 1 aromatic carbocycles. The van der Waals surface area contributed by atoms with Gasteiger partial charge in [-0.3, -0.25) is 4.79 Å². The number of carbonyl (C=O) groups is 1. The molecule has 1 saturated heterocycles. The first-order chi connectivity index (χ1) is 10.9. The Morgan fingerprint density at radius 3 is 2.39 bits per heavy atom. The van der Waals surface area contributed by atoms with E-state index in [1.165, 1.54) is 31.2 Å². The summed E-state index contributed by atoms with van der Waals surface area (Å²) in [4.78, 5) is 11.4. The minimum atomic E-state index is -3.60. The molecule has 0 spiro atoms. The van der Waals surface area contributed by atoms with Crippen LogP contribution in [0.4, 0.5) is 0 Å². The van der Waals surface area contributed by atoms with E-state index in [9.17, 15) is 13.2 Å². The second kappa shape index (κ2) is 7.53. The monoisotopic (exact) mass is 340 g/mol. The molecule has 0 amide bonds. The third kappa shape index (κ3) is 4.60. The molecule has 2 N–H and O–H groups in total. The highest BCUT2D eigenvalue weighted by atomic mass is 32.2. The van der Waals surface area contributed by atoms with Gasteiger partial charge in [0.05, 0.1) is 11.5 Å². The van der Waals surface area contributed by atoms with Gasteiger partial charge in [-0.05, 0) is 45.0 Å². The quantitative estimate of drug-likeness (QED) is 0.728. The predicted octanol–water partition coefficient (Wildman–Crippen LogP) is 1.18. The standard InChI is InChI=1S/C16H24N2O4S/c1-13(19)14-3-5-15(6-4-14)23(20,21)18-11-16(12-22-2)7-9-17-10-8-16/h3-6,17-18H,7-12H2,1-2H3. The Morgan fingerprint density at radius 2 is 1.87 bits per heavy atom. The van der Waals surface area contributed by atoms with E-state index in [-0.39, 0.29) is 16.1 Å². The maximum atomic E-state index is 12.4. The van der Waals surface area contributed by atoms with Crippen molar-refractivity contribution >= 4 is 15.8 Å². The number of Topliss-reactive ketones (excluding diaryl/α,β-unsaturated/α-hetero) is 1. The van der Waals surface area contributed by atoms with Crippen LogP contribution in [-0.4, -0.2) is 47.6 Å². The Hall–Kier alpha value is -1.28. The zero-order valence-electron chi connectivity index (χ0n) is 13.6. The maximum Gasteiger partial charge on any atom is 0.240 e. The van der Waals surface area contributed by atoms with E-state index >= 15 is 0 Å². The lowest BCUT2D eigenvalue weighted by Crippen LogP contribution is -2.47. The number of sulfonamides is 1. The van der Waals surface area contributed by atoms with Crippen molar-refractivity contribution in [1.29, 1.82) is 0 Å². The third-order valence-electron chi connectivity index (χ3n) is 4.32. The fourth-order valence-electron chi connectivity index (χ4n) is 2.84. The molecule has 0 unspecified atom stereocenters. The molecular weight excluding hydrogens is 316 g/mol. The molecule has 7 heteroatoms. The predicted molar refractivity (Wildman–Crippen MR) is 88.0 cm³/mol. The first-order valence-corrected chi connectivity index (χ1v) is 9.17. The largest absolute Gasteiger partial charge is 0.384 e. The van der Waals surface area contributed by atoms with Crippen molar-refractivity contribution in [2.45, 2.75) is 24.7 Å². The lowest BCUT2D eigenvalue weighted by atomic mass is 9.80. The first-order valence-electron chi connectivity index (χ1n) is 7.69. The highest BCUT2D eigenvalue weighted by molar-refractivity contribution is 7.89. The summed E-state index contributed by atoms with van der Waals surface area (Å²) in [5.74, 6) is -0.0874. The van der Waals surface area contributed by atoms with Crippen LogP contribution in [0.15, 0.2) is 29.2 Å². The van der Waals surface area contributed by atoms with Crippen molar-refractivity contribution in [2.24, 2.45) is 5.41 Å². The van der Waals surface area contributed by atoms with E-state index in [1.54, 1.807) is 7.11 Å². The van der Waals surface area contributed by atoms with Gasteiger partial charge in [0, 0.05) is 24.6 Å². The van der Waals surface area contributed by atoms with E-state index in [1.807, 2.05) is 0 Å². The molecule has 1 heterocycles. The smallest absolute Gasteiger partial charge is 0.240 e. The van der Waals surface area contributed by atoms with Crippen LogP contribution in [0.3, 0.4) is 0 Å². The molecule has 1 aliphatic rings. The first kappa shape index (κ1) is 18.1. The fraction of sp³-hybridized carbons (Fsp3) is 0.562. The zero-order valence-corrected chi connectivity index (χ0v) is 14.4. The maximum absolute atomic E-state index is 12.4. The summed E-state index contributed by atoms with van der Waals surface area (Å²) >= 11 is 0. The molecule has 0 atom stereocenters. The van der Waals surface area contributed by atoms with E-state index in [4.69, 9.17) is 4.74 Å². The fourth-order valence-corrected chi connectivity index (χ4v) is 3.99. The van der Waals surface area contributed by atoms with Crippen molar-refractivity contribution in [3.63, 3.8) is 0 Å². The van der Waals surface area contributed by atoms with E-state index in [0.717, 1.165) is 25.9 Å². The number of ketones is 1. The van der Waals surface area contributed by atoms with Gasteiger partial charge in [0.15, 0.2) is 5.78 Å². The van der Waals surface area contributed by atoms with E-state index in [0.29, 0.717) is 18.7 Å². The second-order valence-electron chi connectivity index (χ2n) is 6.09. The van der Waals surface area contributed by atoms with Gasteiger partial charge in [0.1, 0.15) is 0 Å². The number of piperidine rings is 1. The van der Waals surface area contributed by atoms with Gasteiger partial charge in [0.25, 0.3) is 0 Å². The van der Waals surface area contributed by atoms with Crippen LogP contribution in [0.5, 0.6) is 0 Å². The Kier molecular flexibility index (Phi) is 5.91. The number of ether oxygens (including phenoxy) is 1. The van der Waals surface area contributed by atoms with Crippen LogP contribution in [0.25, 0.3) is 0 Å². The minimum absolute atomic E-state index is 0.0874. The zero-order chi connectivity index (χ0) is 16.9. The van der Waals surface area contributed by atoms with Gasteiger partial charge in [-0.15, -0.1) is 0 Å². The molecule has 1 aromatic rings. The average Bonchev–Trinajstić information content (AvgIpc) is 2.54. The normalized spacial score (nSPS) is 17.8. The molecule has 2 rings (SSSR count). The summed E-state index contributed by atoms with van der Waals surface area (Å²) in [6, 6.07) is 5.99. The topological polar surface area (TPSA) is 84.5 Å². The molecule has 128 valence electrons. The molecule has 1 aliphatic heterocycles.